The van der Waals surface area contributed by atoms with Crippen molar-refractivity contribution in [1.29, 1.82) is 0 Å². The molecule has 1 aromatic rings. The van der Waals surface area contributed by atoms with Crippen molar-refractivity contribution in [2.75, 3.05) is 0 Å². The summed E-state index contributed by atoms with van der Waals surface area (Å²) in [5.41, 5.74) is 2.21. The summed E-state index contributed by atoms with van der Waals surface area (Å²) < 4.78 is 1.04. The van der Waals surface area contributed by atoms with Gasteiger partial charge < -0.3 is 5.11 Å². The summed E-state index contributed by atoms with van der Waals surface area (Å²) in [6.45, 7) is 4.18. The minimum Gasteiger partial charge on any atom is -0.388 e. The van der Waals surface area contributed by atoms with Crippen LogP contribution >= 0.6 is 15.9 Å². The lowest BCUT2D eigenvalue weighted by atomic mass is 10.00. The fourth-order valence-corrected chi connectivity index (χ4v) is 1.90. The lowest BCUT2D eigenvalue weighted by Crippen LogP contribution is -1.99. The topological polar surface area (TPSA) is 20.2 Å². The van der Waals surface area contributed by atoms with E-state index in [1.165, 1.54) is 0 Å². The Morgan fingerprint density at radius 3 is 2.79 bits per heavy atom. The summed E-state index contributed by atoms with van der Waals surface area (Å²) in [5, 5.41) is 9.94. The molecule has 1 atom stereocenters. The lowest BCUT2D eigenvalue weighted by molar-refractivity contribution is 0.163. The molecular weight excluding hydrogens is 240 g/mol. The molecule has 0 aliphatic rings. The van der Waals surface area contributed by atoms with Crippen LogP contribution in [0.15, 0.2) is 22.7 Å². The van der Waals surface area contributed by atoms with E-state index in [1.807, 2.05) is 25.1 Å². The van der Waals surface area contributed by atoms with Gasteiger partial charge in [0.05, 0.1) is 6.10 Å². The number of aliphatic hydroxyl groups excluding tert-OH is 1. The first kappa shape index (κ1) is 11.7. The number of rotatable bonds is 4. The first-order valence-electron chi connectivity index (χ1n) is 5.09. The highest BCUT2D eigenvalue weighted by Gasteiger charge is 2.09. The Hall–Kier alpha value is -0.340. The van der Waals surface area contributed by atoms with Crippen LogP contribution in [0.1, 0.15) is 43.4 Å². The van der Waals surface area contributed by atoms with Gasteiger partial charge in [0, 0.05) is 4.47 Å². The van der Waals surface area contributed by atoms with Crippen LogP contribution in [0.4, 0.5) is 0 Å². The summed E-state index contributed by atoms with van der Waals surface area (Å²) in [7, 11) is 0. The third-order valence-corrected chi connectivity index (χ3v) is 2.92. The summed E-state index contributed by atoms with van der Waals surface area (Å²) in [5.74, 6) is 0. The maximum Gasteiger partial charge on any atom is 0.0793 e. The second kappa shape index (κ2) is 5.52. The number of benzene rings is 1. The molecule has 0 aromatic heterocycles. The molecule has 2 heteroatoms. The van der Waals surface area contributed by atoms with Gasteiger partial charge in [-0.15, -0.1) is 0 Å². The van der Waals surface area contributed by atoms with Crippen LogP contribution < -0.4 is 0 Å². The van der Waals surface area contributed by atoms with Crippen LogP contribution in [0.2, 0.25) is 0 Å². The number of unbranched alkanes of at least 4 members (excludes halogenated alkanes) is 1. The SMILES string of the molecule is CCCCC(O)c1cc(Br)ccc1C. The van der Waals surface area contributed by atoms with E-state index >= 15 is 0 Å². The Bertz CT molecular complexity index is 296. The van der Waals surface area contributed by atoms with E-state index in [0.717, 1.165) is 34.9 Å². The summed E-state index contributed by atoms with van der Waals surface area (Å²) >= 11 is 3.42. The summed E-state index contributed by atoms with van der Waals surface area (Å²) in [6, 6.07) is 6.05. The zero-order chi connectivity index (χ0) is 10.6. The standard InChI is InChI=1S/C12H17BrO/c1-3-4-5-12(14)11-8-10(13)7-6-9(11)2/h6-8,12,14H,3-5H2,1-2H3. The van der Waals surface area contributed by atoms with Crippen LogP contribution in [0.3, 0.4) is 0 Å². The van der Waals surface area contributed by atoms with Gasteiger partial charge in [0.15, 0.2) is 0 Å². The van der Waals surface area contributed by atoms with Crippen molar-refractivity contribution in [3.05, 3.63) is 33.8 Å². The molecule has 0 radical (unpaired) electrons. The van der Waals surface area contributed by atoms with Gasteiger partial charge in [0.25, 0.3) is 0 Å². The monoisotopic (exact) mass is 256 g/mol. The lowest BCUT2D eigenvalue weighted by Gasteiger charge is -2.13. The van der Waals surface area contributed by atoms with E-state index in [-0.39, 0.29) is 6.10 Å². The molecule has 0 heterocycles. The van der Waals surface area contributed by atoms with E-state index in [4.69, 9.17) is 0 Å². The number of hydrogen-bond donors (Lipinski definition) is 1. The first-order chi connectivity index (χ1) is 6.65. The molecular formula is C12H17BrO. The smallest absolute Gasteiger partial charge is 0.0793 e. The van der Waals surface area contributed by atoms with Gasteiger partial charge in [0.1, 0.15) is 0 Å². The van der Waals surface area contributed by atoms with Gasteiger partial charge in [-0.25, -0.2) is 0 Å². The van der Waals surface area contributed by atoms with Gasteiger partial charge in [-0.1, -0.05) is 41.8 Å². The number of hydrogen-bond acceptors (Lipinski definition) is 1. The fourth-order valence-electron chi connectivity index (χ4n) is 1.52. The molecule has 0 amide bonds. The highest BCUT2D eigenvalue weighted by molar-refractivity contribution is 9.10. The van der Waals surface area contributed by atoms with Crippen LogP contribution in [0.25, 0.3) is 0 Å². The quantitative estimate of drug-likeness (QED) is 0.864. The fraction of sp³-hybridized carbons (Fsp3) is 0.500. The Morgan fingerprint density at radius 2 is 2.14 bits per heavy atom. The molecule has 0 aliphatic carbocycles. The van der Waals surface area contributed by atoms with Crippen molar-refractivity contribution in [3.8, 4) is 0 Å². The van der Waals surface area contributed by atoms with Gasteiger partial charge in [-0.2, -0.15) is 0 Å². The molecule has 0 fully saturated rings. The van der Waals surface area contributed by atoms with Crippen LogP contribution in [0, 0.1) is 6.92 Å². The van der Waals surface area contributed by atoms with E-state index < -0.39 is 0 Å². The van der Waals surface area contributed by atoms with Gasteiger partial charge in [-0.3, -0.25) is 0 Å². The second-order valence-corrected chi connectivity index (χ2v) is 4.57. The van der Waals surface area contributed by atoms with Crippen molar-refractivity contribution in [1.82, 2.24) is 0 Å². The normalized spacial score (nSPS) is 12.9. The molecule has 1 N–H and O–H groups in total. The van der Waals surface area contributed by atoms with Crippen LogP contribution in [-0.2, 0) is 0 Å². The van der Waals surface area contributed by atoms with Crippen LogP contribution in [0.5, 0.6) is 0 Å². The molecule has 78 valence electrons. The molecule has 0 saturated carbocycles. The second-order valence-electron chi connectivity index (χ2n) is 3.66. The maximum absolute atomic E-state index is 9.94. The molecule has 0 bridgehead atoms. The Morgan fingerprint density at radius 1 is 1.43 bits per heavy atom. The average molecular weight is 257 g/mol. The Balaban J connectivity index is 2.77. The molecule has 0 saturated heterocycles. The van der Waals surface area contributed by atoms with Gasteiger partial charge >= 0.3 is 0 Å². The number of aliphatic hydroxyl groups is 1. The molecule has 0 spiro atoms. The van der Waals surface area contributed by atoms with Crippen molar-refractivity contribution in [3.63, 3.8) is 0 Å². The minimum absolute atomic E-state index is 0.313. The average Bonchev–Trinajstić information content (AvgIpc) is 2.18. The number of halogens is 1. The maximum atomic E-state index is 9.94. The zero-order valence-corrected chi connectivity index (χ0v) is 10.3. The molecule has 1 rings (SSSR count). The first-order valence-corrected chi connectivity index (χ1v) is 5.88. The van der Waals surface area contributed by atoms with E-state index in [0.29, 0.717) is 0 Å². The Kier molecular flexibility index (Phi) is 4.63. The highest BCUT2D eigenvalue weighted by atomic mass is 79.9. The van der Waals surface area contributed by atoms with Gasteiger partial charge in [-0.05, 0) is 36.6 Å². The molecule has 14 heavy (non-hydrogen) atoms. The predicted octanol–water partition coefficient (Wildman–Crippen LogP) is 3.98. The van der Waals surface area contributed by atoms with Gasteiger partial charge in [0.2, 0.25) is 0 Å². The zero-order valence-electron chi connectivity index (χ0n) is 8.76. The van der Waals surface area contributed by atoms with Crippen molar-refractivity contribution in [2.24, 2.45) is 0 Å². The highest BCUT2D eigenvalue weighted by Crippen LogP contribution is 2.25. The summed E-state index contributed by atoms with van der Waals surface area (Å²) in [4.78, 5) is 0. The largest absolute Gasteiger partial charge is 0.388 e. The summed E-state index contributed by atoms with van der Waals surface area (Å²) in [6.07, 6.45) is 2.75. The predicted molar refractivity (Wildman–Crippen MR) is 63.4 cm³/mol. The van der Waals surface area contributed by atoms with E-state index in [9.17, 15) is 5.11 Å². The van der Waals surface area contributed by atoms with Crippen LogP contribution in [-0.4, -0.2) is 5.11 Å². The van der Waals surface area contributed by atoms with Crippen molar-refractivity contribution >= 4 is 15.9 Å². The molecule has 1 aromatic carbocycles. The third-order valence-electron chi connectivity index (χ3n) is 2.43. The Labute approximate surface area is 94.3 Å². The molecule has 0 aliphatic heterocycles. The molecule has 1 nitrogen and oxygen atoms in total. The van der Waals surface area contributed by atoms with Crippen molar-refractivity contribution in [2.45, 2.75) is 39.2 Å². The van der Waals surface area contributed by atoms with E-state index in [2.05, 4.69) is 22.9 Å². The molecule has 1 unspecified atom stereocenters. The minimum atomic E-state index is -0.313. The third kappa shape index (κ3) is 3.10. The van der Waals surface area contributed by atoms with E-state index in [1.54, 1.807) is 0 Å². The van der Waals surface area contributed by atoms with Crippen molar-refractivity contribution < 1.29 is 5.11 Å². The number of aryl methyl sites for hydroxylation is 1.